The van der Waals surface area contributed by atoms with Crippen LogP contribution in [0.5, 0.6) is 0 Å². The van der Waals surface area contributed by atoms with Crippen LogP contribution in [0.1, 0.15) is 32.6 Å². The molecule has 16 heavy (non-hydrogen) atoms. The van der Waals surface area contributed by atoms with Gasteiger partial charge in [-0.3, -0.25) is 4.79 Å². The minimum absolute atomic E-state index is 0.0820. The van der Waals surface area contributed by atoms with Crippen molar-refractivity contribution in [2.45, 2.75) is 44.7 Å². The molecule has 3 heteroatoms. The molecular formula is C13H22N2O. The van der Waals surface area contributed by atoms with Gasteiger partial charge in [0.2, 0.25) is 5.91 Å². The summed E-state index contributed by atoms with van der Waals surface area (Å²) in [5.74, 6) is 0.0820. The van der Waals surface area contributed by atoms with Gasteiger partial charge in [-0.25, -0.2) is 0 Å². The predicted molar refractivity (Wildman–Crippen MR) is 67.0 cm³/mol. The summed E-state index contributed by atoms with van der Waals surface area (Å²) in [6, 6.07) is 0.695. The molecule has 0 aromatic heterocycles. The van der Waals surface area contributed by atoms with Gasteiger partial charge in [-0.2, -0.15) is 0 Å². The van der Waals surface area contributed by atoms with Crippen molar-refractivity contribution in [1.82, 2.24) is 4.90 Å². The van der Waals surface area contributed by atoms with Crippen LogP contribution in [0.25, 0.3) is 0 Å². The van der Waals surface area contributed by atoms with Gasteiger partial charge in [0.15, 0.2) is 0 Å². The molecule has 1 aliphatic rings. The van der Waals surface area contributed by atoms with Crippen LogP contribution in [0.15, 0.2) is 24.3 Å². The first kappa shape index (κ1) is 13.0. The molecule has 3 nitrogen and oxygen atoms in total. The lowest BCUT2D eigenvalue weighted by atomic mass is 9.91. The van der Waals surface area contributed by atoms with E-state index in [-0.39, 0.29) is 5.91 Å². The van der Waals surface area contributed by atoms with E-state index in [0.717, 1.165) is 25.7 Å². The Kier molecular flexibility index (Phi) is 5.26. The Balaban J connectivity index is 2.44. The zero-order valence-corrected chi connectivity index (χ0v) is 10.2. The van der Waals surface area contributed by atoms with E-state index >= 15 is 0 Å². The maximum Gasteiger partial charge on any atom is 0.246 e. The normalized spacial score (nSPS) is 26.4. The van der Waals surface area contributed by atoms with Crippen LogP contribution in [-0.2, 0) is 4.79 Å². The topological polar surface area (TPSA) is 46.3 Å². The van der Waals surface area contributed by atoms with Gasteiger partial charge in [-0.05, 0) is 32.6 Å². The summed E-state index contributed by atoms with van der Waals surface area (Å²) in [7, 11) is 1.88. The summed E-state index contributed by atoms with van der Waals surface area (Å²) in [4.78, 5) is 13.6. The molecule has 1 aliphatic carbocycles. The predicted octanol–water partition coefficient (Wildman–Crippen LogP) is 1.85. The molecule has 0 unspecified atom stereocenters. The van der Waals surface area contributed by atoms with Crippen LogP contribution in [0.2, 0.25) is 0 Å². The molecule has 0 aromatic carbocycles. The van der Waals surface area contributed by atoms with Gasteiger partial charge in [0, 0.05) is 25.2 Å². The Hall–Kier alpha value is -1.09. The van der Waals surface area contributed by atoms with E-state index in [1.165, 1.54) is 0 Å². The number of nitrogens with two attached hydrogens (primary N) is 1. The SMILES string of the molecule is CC=CC=CC(=O)N(C)C1CCC(N)CC1. The maximum atomic E-state index is 11.8. The average Bonchev–Trinajstić information content (AvgIpc) is 2.29. The maximum absolute atomic E-state index is 11.8. The third-order valence-electron chi connectivity index (χ3n) is 3.18. The zero-order chi connectivity index (χ0) is 12.0. The quantitative estimate of drug-likeness (QED) is 0.585. The summed E-state index contributed by atoms with van der Waals surface area (Å²) in [5.41, 5.74) is 5.84. The Morgan fingerprint density at radius 1 is 1.25 bits per heavy atom. The third kappa shape index (κ3) is 3.81. The molecule has 1 amide bonds. The van der Waals surface area contributed by atoms with E-state index in [1.54, 1.807) is 12.2 Å². The van der Waals surface area contributed by atoms with Crippen LogP contribution in [0.3, 0.4) is 0 Å². The number of rotatable bonds is 3. The Morgan fingerprint density at radius 3 is 2.44 bits per heavy atom. The molecule has 1 fully saturated rings. The Bertz CT molecular complexity index is 276. The van der Waals surface area contributed by atoms with Crippen molar-refractivity contribution in [3.05, 3.63) is 24.3 Å². The van der Waals surface area contributed by atoms with Crippen molar-refractivity contribution in [2.24, 2.45) is 5.73 Å². The van der Waals surface area contributed by atoms with Crippen LogP contribution in [0, 0.1) is 0 Å². The molecule has 1 saturated carbocycles. The van der Waals surface area contributed by atoms with Crippen LogP contribution in [-0.4, -0.2) is 29.9 Å². The lowest BCUT2D eigenvalue weighted by Gasteiger charge is -2.32. The summed E-state index contributed by atoms with van der Waals surface area (Å²) < 4.78 is 0. The molecule has 0 bridgehead atoms. The van der Waals surface area contributed by atoms with Crippen LogP contribution < -0.4 is 5.73 Å². The van der Waals surface area contributed by atoms with E-state index in [4.69, 9.17) is 5.73 Å². The highest BCUT2D eigenvalue weighted by molar-refractivity contribution is 5.87. The van der Waals surface area contributed by atoms with Gasteiger partial charge in [0.05, 0.1) is 0 Å². The number of carbonyl (C=O) groups is 1. The second kappa shape index (κ2) is 6.48. The highest BCUT2D eigenvalue weighted by atomic mass is 16.2. The Labute approximate surface area is 98.0 Å². The summed E-state index contributed by atoms with van der Waals surface area (Å²) in [5, 5.41) is 0. The van der Waals surface area contributed by atoms with Gasteiger partial charge >= 0.3 is 0 Å². The molecular weight excluding hydrogens is 200 g/mol. The van der Waals surface area contributed by atoms with Gasteiger partial charge in [-0.15, -0.1) is 0 Å². The molecule has 0 spiro atoms. The van der Waals surface area contributed by atoms with Crippen molar-refractivity contribution in [3.63, 3.8) is 0 Å². The molecule has 0 heterocycles. The molecule has 0 aliphatic heterocycles. The second-order valence-corrected chi connectivity index (χ2v) is 4.40. The number of hydrogen-bond acceptors (Lipinski definition) is 2. The third-order valence-corrected chi connectivity index (χ3v) is 3.18. The summed E-state index contributed by atoms with van der Waals surface area (Å²) in [6.45, 7) is 1.93. The van der Waals surface area contributed by atoms with Gasteiger partial charge in [-0.1, -0.05) is 18.2 Å². The molecule has 0 radical (unpaired) electrons. The van der Waals surface area contributed by atoms with E-state index in [9.17, 15) is 4.79 Å². The largest absolute Gasteiger partial charge is 0.339 e. The smallest absolute Gasteiger partial charge is 0.246 e. The molecule has 0 atom stereocenters. The molecule has 0 aromatic rings. The average molecular weight is 222 g/mol. The lowest BCUT2D eigenvalue weighted by molar-refractivity contribution is -0.127. The highest BCUT2D eigenvalue weighted by Gasteiger charge is 2.23. The number of nitrogens with zero attached hydrogens (tertiary/aromatic N) is 1. The standard InChI is InChI=1S/C13H22N2O/c1-3-4-5-6-13(16)15(2)12-9-7-11(14)8-10-12/h3-6,11-12H,7-10,14H2,1-2H3. The van der Waals surface area contributed by atoms with Crippen molar-refractivity contribution >= 4 is 5.91 Å². The van der Waals surface area contributed by atoms with Gasteiger partial charge < -0.3 is 10.6 Å². The van der Waals surface area contributed by atoms with Gasteiger partial charge in [0.25, 0.3) is 0 Å². The number of likely N-dealkylation sites (N-methyl/N-ethyl adjacent to an activating group) is 1. The fourth-order valence-corrected chi connectivity index (χ4v) is 2.04. The first-order valence-corrected chi connectivity index (χ1v) is 5.97. The lowest BCUT2D eigenvalue weighted by Crippen LogP contribution is -2.41. The van der Waals surface area contributed by atoms with E-state index in [1.807, 2.05) is 31.0 Å². The number of amides is 1. The van der Waals surface area contributed by atoms with Crippen LogP contribution in [0.4, 0.5) is 0 Å². The first-order valence-electron chi connectivity index (χ1n) is 5.97. The van der Waals surface area contributed by atoms with E-state index in [2.05, 4.69) is 0 Å². The summed E-state index contributed by atoms with van der Waals surface area (Å²) >= 11 is 0. The number of hydrogen-bond donors (Lipinski definition) is 1. The van der Waals surface area contributed by atoms with Crippen LogP contribution >= 0.6 is 0 Å². The monoisotopic (exact) mass is 222 g/mol. The Morgan fingerprint density at radius 2 is 1.88 bits per heavy atom. The second-order valence-electron chi connectivity index (χ2n) is 4.40. The van der Waals surface area contributed by atoms with Crippen molar-refractivity contribution in [1.29, 1.82) is 0 Å². The van der Waals surface area contributed by atoms with Gasteiger partial charge in [0.1, 0.15) is 0 Å². The molecule has 0 saturated heterocycles. The highest BCUT2D eigenvalue weighted by Crippen LogP contribution is 2.21. The summed E-state index contributed by atoms with van der Waals surface area (Å²) in [6.07, 6.45) is 11.3. The molecule has 2 N–H and O–H groups in total. The van der Waals surface area contributed by atoms with E-state index in [0.29, 0.717) is 12.1 Å². The number of carbonyl (C=O) groups excluding carboxylic acids is 1. The van der Waals surface area contributed by atoms with E-state index < -0.39 is 0 Å². The molecule has 90 valence electrons. The zero-order valence-electron chi connectivity index (χ0n) is 10.2. The van der Waals surface area contributed by atoms with Crippen molar-refractivity contribution in [3.8, 4) is 0 Å². The van der Waals surface area contributed by atoms with Crippen molar-refractivity contribution < 1.29 is 4.79 Å². The minimum Gasteiger partial charge on any atom is -0.339 e. The molecule has 1 rings (SSSR count). The van der Waals surface area contributed by atoms with Crippen molar-refractivity contribution in [2.75, 3.05) is 7.05 Å². The fraction of sp³-hybridized carbons (Fsp3) is 0.615. The fourth-order valence-electron chi connectivity index (χ4n) is 2.04. The minimum atomic E-state index is 0.0820. The number of allylic oxidation sites excluding steroid dienone is 3. The first-order chi connectivity index (χ1) is 7.65.